The number of thiophene rings is 1. The number of benzene rings is 1. The summed E-state index contributed by atoms with van der Waals surface area (Å²) in [5, 5.41) is 9.90. The zero-order valence-corrected chi connectivity index (χ0v) is 12.5. The largest absolute Gasteiger partial charge is 0.480 e. The number of amides is 1. The van der Waals surface area contributed by atoms with Gasteiger partial charge >= 0.3 is 5.97 Å². The van der Waals surface area contributed by atoms with Gasteiger partial charge in [-0.2, -0.15) is 11.8 Å². The van der Waals surface area contributed by atoms with Crippen LogP contribution in [0.25, 0.3) is 10.1 Å². The van der Waals surface area contributed by atoms with Gasteiger partial charge in [0.1, 0.15) is 11.9 Å². The van der Waals surface area contributed by atoms with Gasteiger partial charge in [-0.05, 0) is 29.7 Å². The average molecular weight is 325 g/mol. The Morgan fingerprint density at radius 2 is 2.14 bits per heavy atom. The molecule has 1 aliphatic heterocycles. The zero-order chi connectivity index (χ0) is 15.0. The number of aliphatic carboxylic acids is 1. The predicted molar refractivity (Wildman–Crippen MR) is 81.6 cm³/mol. The van der Waals surface area contributed by atoms with Crippen LogP contribution in [-0.2, 0) is 4.79 Å². The molecule has 110 valence electrons. The third kappa shape index (κ3) is 2.75. The van der Waals surface area contributed by atoms with Crippen LogP contribution in [-0.4, -0.2) is 46.0 Å². The van der Waals surface area contributed by atoms with Gasteiger partial charge in [0.05, 0.1) is 4.88 Å². The van der Waals surface area contributed by atoms with Crippen LogP contribution in [0.2, 0.25) is 0 Å². The lowest BCUT2D eigenvalue weighted by Crippen LogP contribution is -2.50. The minimum absolute atomic E-state index is 0.288. The fourth-order valence-electron chi connectivity index (χ4n) is 2.31. The van der Waals surface area contributed by atoms with Crippen LogP contribution in [0.15, 0.2) is 24.3 Å². The summed E-state index contributed by atoms with van der Waals surface area (Å²) < 4.78 is 14.0. The van der Waals surface area contributed by atoms with E-state index in [9.17, 15) is 19.1 Å². The number of rotatable bonds is 2. The van der Waals surface area contributed by atoms with Crippen molar-refractivity contribution in [1.29, 1.82) is 0 Å². The van der Waals surface area contributed by atoms with Crippen LogP contribution < -0.4 is 0 Å². The van der Waals surface area contributed by atoms with Gasteiger partial charge in [0, 0.05) is 22.8 Å². The lowest BCUT2D eigenvalue weighted by molar-refractivity contribution is -0.141. The second-order valence-electron chi connectivity index (χ2n) is 4.72. The normalized spacial score (nSPS) is 18.9. The van der Waals surface area contributed by atoms with Gasteiger partial charge in [-0.1, -0.05) is 0 Å². The molecule has 1 aromatic heterocycles. The van der Waals surface area contributed by atoms with Crippen molar-refractivity contribution in [3.63, 3.8) is 0 Å². The Hall–Kier alpha value is -1.60. The Labute approximate surface area is 128 Å². The molecule has 1 unspecified atom stereocenters. The van der Waals surface area contributed by atoms with E-state index in [-0.39, 0.29) is 11.7 Å². The van der Waals surface area contributed by atoms with Crippen LogP contribution in [0, 0.1) is 5.82 Å². The van der Waals surface area contributed by atoms with Gasteiger partial charge in [-0.3, -0.25) is 4.79 Å². The highest BCUT2D eigenvalue weighted by Gasteiger charge is 2.33. The second-order valence-corrected chi connectivity index (χ2v) is 6.95. The molecule has 1 fully saturated rings. The number of fused-ring (bicyclic) bond motifs is 1. The van der Waals surface area contributed by atoms with E-state index in [0.717, 1.165) is 10.5 Å². The van der Waals surface area contributed by atoms with Crippen LogP contribution >= 0.6 is 23.1 Å². The number of carboxylic acids is 1. The molecular weight excluding hydrogens is 313 g/mol. The minimum atomic E-state index is -0.984. The van der Waals surface area contributed by atoms with E-state index < -0.39 is 12.0 Å². The first-order chi connectivity index (χ1) is 10.1. The number of thioether (sulfide) groups is 1. The molecule has 1 amide bonds. The van der Waals surface area contributed by atoms with Crippen molar-refractivity contribution in [2.75, 3.05) is 18.1 Å². The molecule has 2 aromatic rings. The molecule has 21 heavy (non-hydrogen) atoms. The van der Waals surface area contributed by atoms with Gasteiger partial charge < -0.3 is 10.0 Å². The SMILES string of the molecule is O=C(O)C1CSCCN1C(=O)c1cc2cc(F)ccc2s1. The molecule has 1 N–H and O–H groups in total. The summed E-state index contributed by atoms with van der Waals surface area (Å²) in [7, 11) is 0. The van der Waals surface area contributed by atoms with Crippen LogP contribution in [0.5, 0.6) is 0 Å². The molecule has 3 rings (SSSR count). The lowest BCUT2D eigenvalue weighted by Gasteiger charge is -2.32. The zero-order valence-electron chi connectivity index (χ0n) is 10.9. The summed E-state index contributed by atoms with van der Waals surface area (Å²) in [5.41, 5.74) is 0. The van der Waals surface area contributed by atoms with Crippen LogP contribution in [0.1, 0.15) is 9.67 Å². The fraction of sp³-hybridized carbons (Fsp3) is 0.286. The third-order valence-electron chi connectivity index (χ3n) is 3.36. The molecule has 1 atom stereocenters. The first-order valence-corrected chi connectivity index (χ1v) is 8.34. The molecule has 4 nitrogen and oxygen atoms in total. The topological polar surface area (TPSA) is 57.6 Å². The van der Waals surface area contributed by atoms with E-state index >= 15 is 0 Å². The Morgan fingerprint density at radius 1 is 1.33 bits per heavy atom. The number of carbonyl (C=O) groups excluding carboxylic acids is 1. The van der Waals surface area contributed by atoms with E-state index in [1.807, 2.05) is 0 Å². The average Bonchev–Trinajstić information content (AvgIpc) is 2.89. The standard InChI is InChI=1S/C14H12FNO3S2/c15-9-1-2-11-8(5-9)6-12(21-11)13(17)16-3-4-20-7-10(16)14(18)19/h1-2,5-6,10H,3-4,7H2,(H,18,19). The van der Waals surface area contributed by atoms with Gasteiger partial charge in [0.25, 0.3) is 5.91 Å². The van der Waals surface area contributed by atoms with Crippen molar-refractivity contribution in [2.45, 2.75) is 6.04 Å². The maximum absolute atomic E-state index is 13.2. The third-order valence-corrected chi connectivity index (χ3v) is 5.49. The molecule has 0 bridgehead atoms. The Balaban J connectivity index is 1.93. The van der Waals surface area contributed by atoms with E-state index in [0.29, 0.717) is 22.6 Å². The number of carboxylic acid groups (broad SMARTS) is 1. The van der Waals surface area contributed by atoms with E-state index in [1.54, 1.807) is 12.1 Å². The van der Waals surface area contributed by atoms with Crippen molar-refractivity contribution in [1.82, 2.24) is 4.90 Å². The summed E-state index contributed by atoms with van der Waals surface area (Å²) >= 11 is 2.80. The maximum Gasteiger partial charge on any atom is 0.327 e. The van der Waals surface area contributed by atoms with Crippen LogP contribution in [0.3, 0.4) is 0 Å². The summed E-state index contributed by atoms with van der Waals surface area (Å²) in [4.78, 5) is 25.7. The molecule has 0 spiro atoms. The highest BCUT2D eigenvalue weighted by Crippen LogP contribution is 2.29. The Bertz CT molecular complexity index is 715. The van der Waals surface area contributed by atoms with Gasteiger partial charge in [0.2, 0.25) is 0 Å². The molecule has 1 aromatic carbocycles. The fourth-order valence-corrected chi connectivity index (χ4v) is 4.35. The molecule has 0 saturated carbocycles. The minimum Gasteiger partial charge on any atom is -0.480 e. The van der Waals surface area contributed by atoms with Gasteiger partial charge in [-0.15, -0.1) is 11.3 Å². The first-order valence-electron chi connectivity index (χ1n) is 6.37. The molecule has 2 heterocycles. The Kier molecular flexibility index (Phi) is 3.86. The molecule has 0 radical (unpaired) electrons. The van der Waals surface area contributed by atoms with E-state index in [2.05, 4.69) is 0 Å². The van der Waals surface area contributed by atoms with Crippen molar-refractivity contribution in [3.8, 4) is 0 Å². The van der Waals surface area contributed by atoms with Crippen molar-refractivity contribution >= 4 is 45.1 Å². The van der Waals surface area contributed by atoms with Gasteiger partial charge in [0.15, 0.2) is 0 Å². The van der Waals surface area contributed by atoms with Crippen LogP contribution in [0.4, 0.5) is 4.39 Å². The summed E-state index contributed by atoms with van der Waals surface area (Å²) in [6.07, 6.45) is 0. The smallest absolute Gasteiger partial charge is 0.327 e. The molecule has 0 aliphatic carbocycles. The quantitative estimate of drug-likeness (QED) is 0.922. The monoisotopic (exact) mass is 325 g/mol. The molecule has 7 heteroatoms. The van der Waals surface area contributed by atoms with E-state index in [1.165, 1.54) is 40.1 Å². The highest BCUT2D eigenvalue weighted by atomic mass is 32.2. The van der Waals surface area contributed by atoms with Gasteiger partial charge in [-0.25, -0.2) is 9.18 Å². The Morgan fingerprint density at radius 3 is 2.90 bits per heavy atom. The van der Waals surface area contributed by atoms with Crippen molar-refractivity contribution in [2.24, 2.45) is 0 Å². The number of hydrogen-bond acceptors (Lipinski definition) is 4. The number of halogens is 1. The first kappa shape index (κ1) is 14.3. The molecule has 1 saturated heterocycles. The summed E-state index contributed by atoms with van der Waals surface area (Å²) in [5.74, 6) is -0.487. The predicted octanol–water partition coefficient (Wildman–Crippen LogP) is 2.68. The van der Waals surface area contributed by atoms with E-state index in [4.69, 9.17) is 0 Å². The number of carbonyl (C=O) groups is 2. The summed E-state index contributed by atoms with van der Waals surface area (Å²) in [6, 6.07) is 5.20. The number of hydrogen-bond donors (Lipinski definition) is 1. The summed E-state index contributed by atoms with van der Waals surface area (Å²) in [6.45, 7) is 0.420. The molecule has 1 aliphatic rings. The van der Waals surface area contributed by atoms with Crippen molar-refractivity contribution < 1.29 is 19.1 Å². The second kappa shape index (κ2) is 5.65. The lowest BCUT2D eigenvalue weighted by atomic mass is 10.2. The number of nitrogens with zero attached hydrogens (tertiary/aromatic N) is 1. The van der Waals surface area contributed by atoms with Crippen molar-refractivity contribution in [3.05, 3.63) is 35.0 Å². The maximum atomic E-state index is 13.2. The molecular formula is C14H12FNO3S2. The highest BCUT2D eigenvalue weighted by molar-refractivity contribution is 7.99.